The lowest BCUT2D eigenvalue weighted by atomic mass is 10.4. The average molecular weight is 295 g/mol. The molecule has 1 unspecified atom stereocenters. The molecule has 2 rings (SSSR count). The van der Waals surface area contributed by atoms with Gasteiger partial charge in [-0.25, -0.2) is 9.97 Å². The highest BCUT2D eigenvalue weighted by Crippen LogP contribution is 2.23. The number of hydrogen-bond donors (Lipinski definition) is 0. The van der Waals surface area contributed by atoms with E-state index in [0.29, 0.717) is 24.6 Å². The molecule has 0 saturated carbocycles. The Bertz CT molecular complexity index is 604. The van der Waals surface area contributed by atoms with Crippen molar-refractivity contribution >= 4 is 28.7 Å². The maximum atomic E-state index is 12.3. The molecule has 0 aliphatic rings. The van der Waals surface area contributed by atoms with Crippen LogP contribution in [0.3, 0.4) is 0 Å². The average Bonchev–Trinajstić information content (AvgIpc) is 2.79. The van der Waals surface area contributed by atoms with E-state index in [4.69, 9.17) is 11.6 Å². The van der Waals surface area contributed by atoms with Crippen molar-refractivity contribution in [1.82, 2.24) is 19.4 Å². The molecule has 6 heteroatoms. The zero-order valence-corrected chi connectivity index (χ0v) is 12.8. The van der Waals surface area contributed by atoms with Crippen molar-refractivity contribution in [2.75, 3.05) is 13.1 Å². The van der Waals surface area contributed by atoms with Crippen LogP contribution >= 0.6 is 11.6 Å². The molecule has 0 bridgehead atoms. The minimum atomic E-state index is -0.270. The smallest absolute Gasteiger partial charge is 0.242 e. The number of halogens is 1. The molecule has 0 radical (unpaired) electrons. The van der Waals surface area contributed by atoms with Crippen LogP contribution in [-0.2, 0) is 11.3 Å². The van der Waals surface area contributed by atoms with Gasteiger partial charge in [0.1, 0.15) is 17.9 Å². The molecule has 0 aliphatic carbocycles. The third-order valence-electron chi connectivity index (χ3n) is 3.30. The predicted molar refractivity (Wildman–Crippen MR) is 79.7 cm³/mol. The van der Waals surface area contributed by atoms with E-state index in [1.807, 2.05) is 37.5 Å². The number of alkyl halides is 1. The van der Waals surface area contributed by atoms with Gasteiger partial charge in [0.15, 0.2) is 5.65 Å². The van der Waals surface area contributed by atoms with E-state index in [1.165, 1.54) is 0 Å². The fraction of sp³-hybridized carbons (Fsp3) is 0.500. The number of amides is 1. The van der Waals surface area contributed by atoms with Gasteiger partial charge in [0.2, 0.25) is 5.91 Å². The van der Waals surface area contributed by atoms with Crippen molar-refractivity contribution < 1.29 is 4.79 Å². The summed E-state index contributed by atoms with van der Waals surface area (Å²) in [7, 11) is 0. The second-order valence-corrected chi connectivity index (χ2v) is 5.24. The maximum absolute atomic E-state index is 12.3. The second kappa shape index (κ2) is 6.22. The van der Waals surface area contributed by atoms with Crippen LogP contribution in [0.25, 0.3) is 11.2 Å². The molecule has 2 aromatic rings. The Morgan fingerprint density at radius 1 is 1.45 bits per heavy atom. The number of pyridine rings is 1. The third kappa shape index (κ3) is 2.77. The van der Waals surface area contributed by atoms with Gasteiger partial charge in [-0.2, -0.15) is 0 Å². The van der Waals surface area contributed by atoms with Crippen molar-refractivity contribution in [2.24, 2.45) is 0 Å². The number of imidazole rings is 1. The topological polar surface area (TPSA) is 51.0 Å². The van der Waals surface area contributed by atoms with Crippen LogP contribution < -0.4 is 0 Å². The van der Waals surface area contributed by atoms with E-state index < -0.39 is 0 Å². The highest BCUT2D eigenvalue weighted by atomic mass is 35.5. The van der Waals surface area contributed by atoms with Gasteiger partial charge < -0.3 is 9.47 Å². The number of rotatable bonds is 5. The van der Waals surface area contributed by atoms with E-state index in [0.717, 1.165) is 5.52 Å². The Morgan fingerprint density at radius 3 is 2.75 bits per heavy atom. The number of carbonyl (C=O) groups excluding carboxylic acids is 1. The van der Waals surface area contributed by atoms with E-state index >= 15 is 0 Å². The predicted octanol–water partition coefficient (Wildman–Crippen LogP) is 2.60. The normalized spacial score (nSPS) is 12.6. The third-order valence-corrected chi connectivity index (χ3v) is 3.49. The molecule has 1 atom stereocenters. The van der Waals surface area contributed by atoms with Gasteiger partial charge in [-0.15, -0.1) is 11.6 Å². The Morgan fingerprint density at radius 2 is 2.15 bits per heavy atom. The largest absolute Gasteiger partial charge is 0.342 e. The minimum absolute atomic E-state index is 0.0542. The molecule has 0 saturated heterocycles. The molecule has 0 spiro atoms. The lowest BCUT2D eigenvalue weighted by molar-refractivity contribution is -0.131. The number of fused-ring (bicyclic) bond motifs is 1. The van der Waals surface area contributed by atoms with Crippen molar-refractivity contribution in [3.63, 3.8) is 0 Å². The van der Waals surface area contributed by atoms with Gasteiger partial charge >= 0.3 is 0 Å². The summed E-state index contributed by atoms with van der Waals surface area (Å²) in [6.45, 7) is 7.40. The molecule has 5 nitrogen and oxygen atoms in total. The van der Waals surface area contributed by atoms with Crippen molar-refractivity contribution in [2.45, 2.75) is 32.7 Å². The molecule has 20 heavy (non-hydrogen) atoms. The first-order valence-corrected chi connectivity index (χ1v) is 7.25. The summed E-state index contributed by atoms with van der Waals surface area (Å²) in [6.07, 6.45) is 1.70. The van der Waals surface area contributed by atoms with Crippen molar-refractivity contribution in [1.29, 1.82) is 0 Å². The summed E-state index contributed by atoms with van der Waals surface area (Å²) < 4.78 is 1.81. The summed E-state index contributed by atoms with van der Waals surface area (Å²) in [5.41, 5.74) is 1.47. The number of carbonyl (C=O) groups is 1. The van der Waals surface area contributed by atoms with Crippen LogP contribution in [0, 0.1) is 0 Å². The van der Waals surface area contributed by atoms with Crippen LogP contribution in [0.1, 0.15) is 32.0 Å². The van der Waals surface area contributed by atoms with E-state index in [9.17, 15) is 4.79 Å². The maximum Gasteiger partial charge on any atom is 0.242 e. The van der Waals surface area contributed by atoms with E-state index in [2.05, 4.69) is 9.97 Å². The Hall–Kier alpha value is -1.62. The molecule has 0 aromatic carbocycles. The van der Waals surface area contributed by atoms with Gasteiger partial charge in [0, 0.05) is 19.3 Å². The first-order chi connectivity index (χ1) is 9.58. The van der Waals surface area contributed by atoms with Gasteiger partial charge in [0.05, 0.1) is 5.38 Å². The molecular weight excluding hydrogens is 276 g/mol. The summed E-state index contributed by atoms with van der Waals surface area (Å²) >= 11 is 6.17. The number of likely N-dealkylation sites (N-methyl/N-ethyl adjacent to an activating group) is 1. The lowest BCUT2D eigenvalue weighted by Gasteiger charge is -2.19. The highest BCUT2D eigenvalue weighted by Gasteiger charge is 2.19. The zero-order chi connectivity index (χ0) is 14.7. The molecule has 0 fully saturated rings. The van der Waals surface area contributed by atoms with Gasteiger partial charge in [0.25, 0.3) is 0 Å². The number of aromatic nitrogens is 3. The molecule has 0 aliphatic heterocycles. The Balaban J connectivity index is 2.41. The highest BCUT2D eigenvalue weighted by molar-refractivity contribution is 6.20. The number of hydrogen-bond acceptors (Lipinski definition) is 3. The van der Waals surface area contributed by atoms with Crippen LogP contribution in [-0.4, -0.2) is 38.4 Å². The Labute approximate surface area is 123 Å². The van der Waals surface area contributed by atoms with Crippen molar-refractivity contribution in [3.05, 3.63) is 24.2 Å². The summed E-state index contributed by atoms with van der Waals surface area (Å²) in [6, 6.07) is 3.71. The first kappa shape index (κ1) is 14.8. The molecule has 1 amide bonds. The molecule has 108 valence electrons. The SMILES string of the molecule is CCN(CC)C(=O)Cn1c(C(C)Cl)nc2cccnc21. The van der Waals surface area contributed by atoms with Gasteiger partial charge in [-0.1, -0.05) is 0 Å². The minimum Gasteiger partial charge on any atom is -0.342 e. The summed E-state index contributed by atoms with van der Waals surface area (Å²) in [5.74, 6) is 0.736. The monoisotopic (exact) mass is 294 g/mol. The summed E-state index contributed by atoms with van der Waals surface area (Å²) in [5, 5.41) is -0.270. The molecule has 2 aromatic heterocycles. The van der Waals surface area contributed by atoms with E-state index in [1.54, 1.807) is 11.1 Å². The van der Waals surface area contributed by atoms with Gasteiger partial charge in [-0.05, 0) is 32.9 Å². The molecule has 0 N–H and O–H groups in total. The molecular formula is C14H19ClN4O. The first-order valence-electron chi connectivity index (χ1n) is 6.81. The lowest BCUT2D eigenvalue weighted by Crippen LogP contribution is -2.33. The number of nitrogens with zero attached hydrogens (tertiary/aromatic N) is 4. The van der Waals surface area contributed by atoms with E-state index in [-0.39, 0.29) is 17.8 Å². The van der Waals surface area contributed by atoms with Crippen LogP contribution in [0.4, 0.5) is 0 Å². The van der Waals surface area contributed by atoms with Gasteiger partial charge in [-0.3, -0.25) is 4.79 Å². The fourth-order valence-electron chi connectivity index (χ4n) is 2.25. The van der Waals surface area contributed by atoms with Crippen LogP contribution in [0.2, 0.25) is 0 Å². The van der Waals surface area contributed by atoms with Crippen molar-refractivity contribution in [3.8, 4) is 0 Å². The quantitative estimate of drug-likeness (QED) is 0.797. The second-order valence-electron chi connectivity index (χ2n) is 4.58. The zero-order valence-electron chi connectivity index (χ0n) is 12.0. The summed E-state index contributed by atoms with van der Waals surface area (Å²) in [4.78, 5) is 22.9. The van der Waals surface area contributed by atoms with Crippen LogP contribution in [0.5, 0.6) is 0 Å². The molecule has 2 heterocycles. The van der Waals surface area contributed by atoms with Crippen LogP contribution in [0.15, 0.2) is 18.3 Å². The fourth-order valence-corrected chi connectivity index (χ4v) is 2.41. The standard InChI is InChI=1S/C14H19ClN4O/c1-4-18(5-2)12(20)9-19-13(10(3)15)17-11-7-6-8-16-14(11)19/h6-8,10H,4-5,9H2,1-3H3. The Kier molecular flexibility index (Phi) is 4.60.